The van der Waals surface area contributed by atoms with Crippen molar-refractivity contribution in [2.24, 2.45) is 5.92 Å². The molecule has 164 valence electrons. The maximum atomic E-state index is 12.9. The standard InChI is InChI=1S/C23H33N3O4/c27-21(26-14-15-30-23(18-26)8-10-24-11-9-23)16-19-6-12-25(13-7-19)22(28)29-17-20-4-2-1-3-5-20/h1-5,19,24H,6-18H2. The van der Waals surface area contributed by atoms with Gasteiger partial charge in [-0.05, 0) is 50.3 Å². The van der Waals surface area contributed by atoms with Gasteiger partial charge >= 0.3 is 6.09 Å². The van der Waals surface area contributed by atoms with Crippen molar-refractivity contribution in [3.8, 4) is 0 Å². The van der Waals surface area contributed by atoms with E-state index in [2.05, 4.69) is 5.32 Å². The quantitative estimate of drug-likeness (QED) is 0.818. The van der Waals surface area contributed by atoms with Crippen molar-refractivity contribution in [1.29, 1.82) is 0 Å². The topological polar surface area (TPSA) is 71.1 Å². The number of benzene rings is 1. The van der Waals surface area contributed by atoms with Crippen LogP contribution >= 0.6 is 0 Å². The summed E-state index contributed by atoms with van der Waals surface area (Å²) >= 11 is 0. The first kappa shape index (κ1) is 21.1. The number of morpholine rings is 1. The van der Waals surface area contributed by atoms with Crippen LogP contribution in [-0.4, -0.2) is 73.3 Å². The van der Waals surface area contributed by atoms with Crippen LogP contribution in [0.25, 0.3) is 0 Å². The third-order valence-corrected chi connectivity index (χ3v) is 6.66. The van der Waals surface area contributed by atoms with Crippen molar-refractivity contribution in [1.82, 2.24) is 15.1 Å². The summed E-state index contributed by atoms with van der Waals surface area (Å²) in [6, 6.07) is 9.72. The van der Waals surface area contributed by atoms with Crippen LogP contribution in [-0.2, 0) is 20.9 Å². The summed E-state index contributed by atoms with van der Waals surface area (Å²) in [5, 5.41) is 3.37. The van der Waals surface area contributed by atoms with Crippen LogP contribution in [0.4, 0.5) is 4.79 Å². The van der Waals surface area contributed by atoms with E-state index in [-0.39, 0.29) is 17.6 Å². The van der Waals surface area contributed by atoms with Crippen LogP contribution in [0.2, 0.25) is 0 Å². The molecular weight excluding hydrogens is 382 g/mol. The van der Waals surface area contributed by atoms with Crippen molar-refractivity contribution in [2.45, 2.75) is 44.3 Å². The molecular formula is C23H33N3O4. The lowest BCUT2D eigenvalue weighted by atomic mass is 9.89. The number of nitrogens with zero attached hydrogens (tertiary/aromatic N) is 2. The Morgan fingerprint density at radius 3 is 2.53 bits per heavy atom. The zero-order chi connectivity index (χ0) is 20.8. The first-order valence-electron chi connectivity index (χ1n) is 11.2. The van der Waals surface area contributed by atoms with Crippen molar-refractivity contribution < 1.29 is 19.1 Å². The van der Waals surface area contributed by atoms with Crippen molar-refractivity contribution in [3.63, 3.8) is 0 Å². The van der Waals surface area contributed by atoms with Crippen molar-refractivity contribution in [3.05, 3.63) is 35.9 Å². The molecule has 0 atom stereocenters. The number of ether oxygens (including phenoxy) is 2. The fraction of sp³-hybridized carbons (Fsp3) is 0.652. The number of rotatable bonds is 4. The second kappa shape index (κ2) is 9.79. The number of amides is 2. The van der Waals surface area contributed by atoms with E-state index in [0.29, 0.717) is 45.2 Å². The third-order valence-electron chi connectivity index (χ3n) is 6.66. The van der Waals surface area contributed by atoms with Crippen LogP contribution in [0, 0.1) is 5.92 Å². The van der Waals surface area contributed by atoms with Crippen molar-refractivity contribution in [2.75, 3.05) is 45.9 Å². The molecule has 0 bridgehead atoms. The second-order valence-corrected chi connectivity index (χ2v) is 8.77. The highest BCUT2D eigenvalue weighted by Gasteiger charge is 2.39. The maximum Gasteiger partial charge on any atom is 0.410 e. The number of carbonyl (C=O) groups is 2. The molecule has 7 heteroatoms. The lowest BCUT2D eigenvalue weighted by molar-refractivity contribution is -0.156. The van der Waals surface area contributed by atoms with Crippen molar-refractivity contribution >= 4 is 12.0 Å². The minimum Gasteiger partial charge on any atom is -0.445 e. The summed E-state index contributed by atoms with van der Waals surface area (Å²) in [6.45, 7) is 5.58. The number of likely N-dealkylation sites (tertiary alicyclic amines) is 1. The molecule has 7 nitrogen and oxygen atoms in total. The Bertz CT molecular complexity index is 707. The largest absolute Gasteiger partial charge is 0.445 e. The predicted octanol–water partition coefficient (Wildman–Crippen LogP) is 2.41. The van der Waals surface area contributed by atoms with Gasteiger partial charge < -0.3 is 24.6 Å². The SMILES string of the molecule is O=C(CC1CCN(C(=O)OCc2ccccc2)CC1)N1CCOC2(CCNCC2)C1. The van der Waals surface area contributed by atoms with Gasteiger partial charge in [0.05, 0.1) is 12.2 Å². The zero-order valence-corrected chi connectivity index (χ0v) is 17.7. The van der Waals surface area contributed by atoms with Crippen LogP contribution in [0.1, 0.15) is 37.7 Å². The van der Waals surface area contributed by atoms with E-state index in [0.717, 1.165) is 50.9 Å². The molecule has 30 heavy (non-hydrogen) atoms. The molecule has 4 rings (SSSR count). The first-order valence-corrected chi connectivity index (χ1v) is 11.2. The minimum atomic E-state index is -0.260. The average Bonchev–Trinajstić information content (AvgIpc) is 2.79. The normalized spacial score (nSPS) is 22.1. The molecule has 3 aliphatic heterocycles. The van der Waals surface area contributed by atoms with Gasteiger partial charge in [-0.1, -0.05) is 30.3 Å². The lowest BCUT2D eigenvalue weighted by Gasteiger charge is -2.45. The molecule has 3 aliphatic rings. The number of hydrogen-bond donors (Lipinski definition) is 1. The van der Waals surface area contributed by atoms with Crippen LogP contribution in [0.15, 0.2) is 30.3 Å². The summed E-state index contributed by atoms with van der Waals surface area (Å²) in [6.07, 6.45) is 3.96. The molecule has 0 saturated carbocycles. The van der Waals surface area contributed by atoms with Crippen LogP contribution in [0.5, 0.6) is 0 Å². The molecule has 0 radical (unpaired) electrons. The third kappa shape index (κ3) is 5.32. The number of nitrogens with one attached hydrogen (secondary N) is 1. The van der Waals surface area contributed by atoms with E-state index < -0.39 is 0 Å². The first-order chi connectivity index (χ1) is 14.6. The fourth-order valence-electron chi connectivity index (χ4n) is 4.75. The Kier molecular flexibility index (Phi) is 6.89. The summed E-state index contributed by atoms with van der Waals surface area (Å²) in [7, 11) is 0. The van der Waals surface area contributed by atoms with Gasteiger partial charge in [0.25, 0.3) is 0 Å². The predicted molar refractivity (Wildman–Crippen MR) is 113 cm³/mol. The highest BCUT2D eigenvalue weighted by Crippen LogP contribution is 2.29. The Balaban J connectivity index is 1.19. The monoisotopic (exact) mass is 415 g/mol. The van der Waals surface area contributed by atoms with E-state index in [1.165, 1.54) is 0 Å². The molecule has 1 aromatic carbocycles. The van der Waals surface area contributed by atoms with Gasteiger partial charge in [-0.2, -0.15) is 0 Å². The van der Waals surface area contributed by atoms with Crippen LogP contribution < -0.4 is 5.32 Å². The molecule has 0 unspecified atom stereocenters. The van der Waals surface area contributed by atoms with E-state index in [1.807, 2.05) is 35.2 Å². The highest BCUT2D eigenvalue weighted by molar-refractivity contribution is 5.76. The van der Waals surface area contributed by atoms with Gasteiger partial charge in [-0.15, -0.1) is 0 Å². The Labute approximate surface area is 178 Å². The molecule has 0 aliphatic carbocycles. The molecule has 3 saturated heterocycles. The fourth-order valence-corrected chi connectivity index (χ4v) is 4.75. The molecule has 3 fully saturated rings. The summed E-state index contributed by atoms with van der Waals surface area (Å²) in [5.41, 5.74) is 0.841. The van der Waals surface area contributed by atoms with E-state index in [9.17, 15) is 9.59 Å². The van der Waals surface area contributed by atoms with Crippen LogP contribution in [0.3, 0.4) is 0 Å². The average molecular weight is 416 g/mol. The van der Waals surface area contributed by atoms with E-state index >= 15 is 0 Å². The highest BCUT2D eigenvalue weighted by atomic mass is 16.6. The van der Waals surface area contributed by atoms with Gasteiger partial charge in [0.2, 0.25) is 5.91 Å². The van der Waals surface area contributed by atoms with Gasteiger partial charge in [0.15, 0.2) is 0 Å². The number of carbonyl (C=O) groups excluding carboxylic acids is 2. The van der Waals surface area contributed by atoms with E-state index in [1.54, 1.807) is 4.90 Å². The molecule has 1 spiro atoms. The second-order valence-electron chi connectivity index (χ2n) is 8.77. The summed E-state index contributed by atoms with van der Waals surface area (Å²) in [4.78, 5) is 29.0. The Hall–Kier alpha value is -2.12. The Morgan fingerprint density at radius 2 is 1.80 bits per heavy atom. The molecule has 1 N–H and O–H groups in total. The summed E-state index contributed by atoms with van der Waals surface area (Å²) in [5.74, 6) is 0.573. The molecule has 1 aromatic rings. The number of hydrogen-bond acceptors (Lipinski definition) is 5. The van der Waals surface area contributed by atoms with Gasteiger partial charge in [-0.3, -0.25) is 4.79 Å². The van der Waals surface area contributed by atoms with Gasteiger partial charge in [0.1, 0.15) is 6.61 Å². The zero-order valence-electron chi connectivity index (χ0n) is 17.7. The lowest BCUT2D eigenvalue weighted by Crippen LogP contribution is -2.57. The molecule has 0 aromatic heterocycles. The summed E-state index contributed by atoms with van der Waals surface area (Å²) < 4.78 is 11.5. The van der Waals surface area contributed by atoms with Gasteiger partial charge in [0, 0.05) is 32.6 Å². The Morgan fingerprint density at radius 1 is 1.07 bits per heavy atom. The van der Waals surface area contributed by atoms with Gasteiger partial charge in [-0.25, -0.2) is 4.79 Å². The van der Waals surface area contributed by atoms with E-state index in [4.69, 9.17) is 9.47 Å². The minimum absolute atomic E-state index is 0.148. The smallest absolute Gasteiger partial charge is 0.410 e. The molecule has 2 amide bonds. The molecule has 3 heterocycles. The maximum absolute atomic E-state index is 12.9. The number of piperidine rings is 2.